The van der Waals surface area contributed by atoms with E-state index in [1.807, 2.05) is 26.8 Å². The third-order valence-electron chi connectivity index (χ3n) is 2.72. The van der Waals surface area contributed by atoms with Gasteiger partial charge in [0, 0.05) is 12.1 Å². The minimum Gasteiger partial charge on any atom is -0.508 e. The van der Waals surface area contributed by atoms with Crippen molar-refractivity contribution < 1.29 is 14.6 Å². The van der Waals surface area contributed by atoms with E-state index in [0.717, 1.165) is 24.5 Å². The van der Waals surface area contributed by atoms with Crippen molar-refractivity contribution >= 4 is 0 Å². The highest BCUT2D eigenvalue weighted by atomic mass is 16.5. The lowest BCUT2D eigenvalue weighted by Gasteiger charge is -2.26. The standard InChI is InChI=1S/C14H21NO3/c1-14(2,3)18-10-4-5-13(16)11(8-10)12-9-17-7-6-15-12/h4-5,8,12,15-16H,6-7,9H2,1-3H3/t12-/m0/s1. The van der Waals surface area contributed by atoms with Gasteiger partial charge >= 0.3 is 0 Å². The summed E-state index contributed by atoms with van der Waals surface area (Å²) in [6, 6.07) is 5.37. The Morgan fingerprint density at radius 1 is 1.39 bits per heavy atom. The fourth-order valence-electron chi connectivity index (χ4n) is 1.99. The van der Waals surface area contributed by atoms with Crippen LogP contribution in [0.3, 0.4) is 0 Å². The summed E-state index contributed by atoms with van der Waals surface area (Å²) >= 11 is 0. The van der Waals surface area contributed by atoms with E-state index in [1.165, 1.54) is 0 Å². The normalized spacial score (nSPS) is 20.7. The summed E-state index contributed by atoms with van der Waals surface area (Å²) in [5.41, 5.74) is 0.585. The highest BCUT2D eigenvalue weighted by Crippen LogP contribution is 2.31. The molecule has 1 aliphatic rings. The Morgan fingerprint density at radius 2 is 2.17 bits per heavy atom. The Bertz CT molecular complexity index is 406. The molecular weight excluding hydrogens is 230 g/mol. The van der Waals surface area contributed by atoms with Crippen LogP contribution in [0.2, 0.25) is 0 Å². The first-order valence-electron chi connectivity index (χ1n) is 6.29. The van der Waals surface area contributed by atoms with Crippen molar-refractivity contribution in [3.63, 3.8) is 0 Å². The van der Waals surface area contributed by atoms with Crippen LogP contribution in [0, 0.1) is 0 Å². The molecule has 1 atom stereocenters. The summed E-state index contributed by atoms with van der Waals surface area (Å²) < 4.78 is 11.2. The summed E-state index contributed by atoms with van der Waals surface area (Å²) in [5, 5.41) is 13.3. The molecule has 0 saturated carbocycles. The largest absolute Gasteiger partial charge is 0.508 e. The zero-order valence-corrected chi connectivity index (χ0v) is 11.2. The van der Waals surface area contributed by atoms with Crippen LogP contribution in [-0.2, 0) is 4.74 Å². The van der Waals surface area contributed by atoms with Crippen molar-refractivity contribution in [2.75, 3.05) is 19.8 Å². The average Bonchev–Trinajstić information content (AvgIpc) is 2.31. The van der Waals surface area contributed by atoms with Gasteiger partial charge in [-0.3, -0.25) is 0 Å². The van der Waals surface area contributed by atoms with E-state index in [9.17, 15) is 5.11 Å². The second kappa shape index (κ2) is 5.16. The van der Waals surface area contributed by atoms with E-state index in [0.29, 0.717) is 6.61 Å². The van der Waals surface area contributed by atoms with Gasteiger partial charge in [0.15, 0.2) is 0 Å². The number of ether oxygens (including phenoxy) is 2. The fraction of sp³-hybridized carbons (Fsp3) is 0.571. The Balaban J connectivity index is 2.20. The molecule has 2 rings (SSSR count). The molecule has 2 N–H and O–H groups in total. The number of hydrogen-bond acceptors (Lipinski definition) is 4. The van der Waals surface area contributed by atoms with Crippen LogP contribution in [0.5, 0.6) is 11.5 Å². The number of benzene rings is 1. The van der Waals surface area contributed by atoms with Crippen molar-refractivity contribution in [1.29, 1.82) is 0 Å². The fourth-order valence-corrected chi connectivity index (χ4v) is 1.99. The zero-order valence-electron chi connectivity index (χ0n) is 11.2. The number of phenolic OH excluding ortho intramolecular Hbond substituents is 1. The van der Waals surface area contributed by atoms with Gasteiger partial charge in [-0.25, -0.2) is 0 Å². The van der Waals surface area contributed by atoms with Gasteiger partial charge in [0.1, 0.15) is 17.1 Å². The summed E-state index contributed by atoms with van der Waals surface area (Å²) in [7, 11) is 0. The molecule has 0 unspecified atom stereocenters. The van der Waals surface area contributed by atoms with Crippen LogP contribution in [0.1, 0.15) is 32.4 Å². The lowest BCUT2D eigenvalue weighted by molar-refractivity contribution is 0.0757. The second-order valence-corrected chi connectivity index (χ2v) is 5.52. The van der Waals surface area contributed by atoms with Crippen LogP contribution >= 0.6 is 0 Å². The molecule has 1 aliphatic heterocycles. The van der Waals surface area contributed by atoms with E-state index >= 15 is 0 Å². The topological polar surface area (TPSA) is 50.7 Å². The van der Waals surface area contributed by atoms with Crippen LogP contribution in [0.4, 0.5) is 0 Å². The van der Waals surface area contributed by atoms with E-state index < -0.39 is 0 Å². The molecule has 4 heteroatoms. The van der Waals surface area contributed by atoms with Crippen molar-refractivity contribution in [2.24, 2.45) is 0 Å². The molecule has 0 radical (unpaired) electrons. The maximum absolute atomic E-state index is 9.93. The van der Waals surface area contributed by atoms with Gasteiger partial charge in [-0.2, -0.15) is 0 Å². The number of hydrogen-bond donors (Lipinski definition) is 2. The van der Waals surface area contributed by atoms with E-state index in [-0.39, 0.29) is 17.4 Å². The molecule has 0 aliphatic carbocycles. The predicted octanol–water partition coefficient (Wildman–Crippen LogP) is 2.23. The minimum atomic E-state index is -0.245. The first kappa shape index (κ1) is 13.2. The van der Waals surface area contributed by atoms with E-state index in [1.54, 1.807) is 12.1 Å². The first-order chi connectivity index (χ1) is 8.46. The third-order valence-corrected chi connectivity index (χ3v) is 2.72. The molecule has 0 bridgehead atoms. The molecule has 1 saturated heterocycles. The molecule has 1 aromatic rings. The minimum absolute atomic E-state index is 0.0299. The van der Waals surface area contributed by atoms with Gasteiger partial charge in [-0.15, -0.1) is 0 Å². The number of phenols is 1. The number of morpholine rings is 1. The highest BCUT2D eigenvalue weighted by molar-refractivity contribution is 5.41. The molecule has 1 aromatic carbocycles. The molecule has 100 valence electrons. The molecule has 0 amide bonds. The highest BCUT2D eigenvalue weighted by Gasteiger charge is 2.20. The molecule has 18 heavy (non-hydrogen) atoms. The molecular formula is C14H21NO3. The quantitative estimate of drug-likeness (QED) is 0.846. The third kappa shape index (κ3) is 3.37. The summed E-state index contributed by atoms with van der Waals surface area (Å²) in [6.45, 7) is 8.10. The predicted molar refractivity (Wildman–Crippen MR) is 70.1 cm³/mol. The molecule has 1 heterocycles. The van der Waals surface area contributed by atoms with Crippen LogP contribution < -0.4 is 10.1 Å². The lowest BCUT2D eigenvalue weighted by Crippen LogP contribution is -2.34. The van der Waals surface area contributed by atoms with Gasteiger partial charge in [0.05, 0.1) is 19.3 Å². The van der Waals surface area contributed by atoms with Gasteiger partial charge in [0.2, 0.25) is 0 Å². The first-order valence-corrected chi connectivity index (χ1v) is 6.29. The molecule has 4 nitrogen and oxygen atoms in total. The maximum Gasteiger partial charge on any atom is 0.120 e. The van der Waals surface area contributed by atoms with Crippen LogP contribution in [-0.4, -0.2) is 30.5 Å². The number of nitrogens with one attached hydrogen (secondary N) is 1. The van der Waals surface area contributed by atoms with E-state index in [4.69, 9.17) is 9.47 Å². The van der Waals surface area contributed by atoms with Crippen LogP contribution in [0.15, 0.2) is 18.2 Å². The average molecular weight is 251 g/mol. The van der Waals surface area contributed by atoms with Crippen molar-refractivity contribution in [1.82, 2.24) is 5.32 Å². The lowest BCUT2D eigenvalue weighted by atomic mass is 10.0. The van der Waals surface area contributed by atoms with Gasteiger partial charge in [0.25, 0.3) is 0 Å². The van der Waals surface area contributed by atoms with Crippen molar-refractivity contribution in [3.8, 4) is 11.5 Å². The Morgan fingerprint density at radius 3 is 2.78 bits per heavy atom. The molecule has 0 spiro atoms. The Hall–Kier alpha value is -1.26. The molecule has 1 fully saturated rings. The monoisotopic (exact) mass is 251 g/mol. The van der Waals surface area contributed by atoms with Gasteiger partial charge in [-0.05, 0) is 39.0 Å². The number of rotatable bonds is 2. The summed E-state index contributed by atoms with van der Waals surface area (Å²) in [5.74, 6) is 1.04. The van der Waals surface area contributed by atoms with Gasteiger partial charge < -0.3 is 19.9 Å². The number of aromatic hydroxyl groups is 1. The second-order valence-electron chi connectivity index (χ2n) is 5.52. The smallest absolute Gasteiger partial charge is 0.120 e. The van der Waals surface area contributed by atoms with Crippen LogP contribution in [0.25, 0.3) is 0 Å². The molecule has 0 aromatic heterocycles. The van der Waals surface area contributed by atoms with Gasteiger partial charge in [-0.1, -0.05) is 0 Å². The van der Waals surface area contributed by atoms with E-state index in [2.05, 4.69) is 5.32 Å². The summed E-state index contributed by atoms with van der Waals surface area (Å²) in [6.07, 6.45) is 0. The summed E-state index contributed by atoms with van der Waals surface area (Å²) in [4.78, 5) is 0. The Kier molecular flexibility index (Phi) is 3.78. The Labute approximate surface area is 108 Å². The van der Waals surface area contributed by atoms with Crippen molar-refractivity contribution in [2.45, 2.75) is 32.4 Å². The van der Waals surface area contributed by atoms with Crippen molar-refractivity contribution in [3.05, 3.63) is 23.8 Å². The maximum atomic E-state index is 9.93. The SMILES string of the molecule is CC(C)(C)Oc1ccc(O)c([C@@H]2COCCN2)c1. The zero-order chi connectivity index (χ0) is 13.2.